The summed E-state index contributed by atoms with van der Waals surface area (Å²) in [4.78, 5) is 18.9. The van der Waals surface area contributed by atoms with Crippen molar-refractivity contribution >= 4 is 38.3 Å². The summed E-state index contributed by atoms with van der Waals surface area (Å²) in [6.07, 6.45) is -2.97. The van der Waals surface area contributed by atoms with Gasteiger partial charge in [-0.1, -0.05) is 6.07 Å². The molecule has 8 nitrogen and oxygen atoms in total. The number of carbonyl (C=O) groups is 1. The standard InChI is InChI=1S/C21H22F3N5O3S2/c1-13-19-15(21(22,23)24)11-16(14-4-5-14)25-20(19)29(26-13)12-17(30)27-6-8-28(9-7-27)34(31,32)18-3-2-10-33-18/h2-3,10-11,14H,4-9,12H2,1H3. The van der Waals surface area contributed by atoms with E-state index in [4.69, 9.17) is 0 Å². The van der Waals surface area contributed by atoms with E-state index in [-0.39, 0.29) is 65.5 Å². The number of alkyl halides is 3. The van der Waals surface area contributed by atoms with Crippen molar-refractivity contribution in [1.82, 2.24) is 24.0 Å². The van der Waals surface area contributed by atoms with Gasteiger partial charge in [0.15, 0.2) is 5.65 Å². The minimum absolute atomic E-state index is 0.00299. The van der Waals surface area contributed by atoms with Crippen molar-refractivity contribution in [2.75, 3.05) is 26.2 Å². The molecule has 0 N–H and O–H groups in total. The lowest BCUT2D eigenvalue weighted by Crippen LogP contribution is -2.51. The van der Waals surface area contributed by atoms with Crippen LogP contribution in [-0.2, 0) is 27.5 Å². The topological polar surface area (TPSA) is 88.4 Å². The number of aryl methyl sites for hydroxylation is 1. The normalized spacial score (nSPS) is 18.1. The number of pyridine rings is 1. The van der Waals surface area contributed by atoms with Crippen LogP contribution in [0.15, 0.2) is 27.8 Å². The first kappa shape index (κ1) is 23.2. The van der Waals surface area contributed by atoms with Gasteiger partial charge in [0.05, 0.1) is 16.6 Å². The Balaban J connectivity index is 1.36. The van der Waals surface area contributed by atoms with Gasteiger partial charge in [-0.15, -0.1) is 11.3 Å². The van der Waals surface area contributed by atoms with E-state index in [9.17, 15) is 26.4 Å². The summed E-state index contributed by atoms with van der Waals surface area (Å²) in [5.74, 6) is -0.340. The van der Waals surface area contributed by atoms with E-state index in [0.29, 0.717) is 5.69 Å². The maximum Gasteiger partial charge on any atom is 0.417 e. The first-order chi connectivity index (χ1) is 16.1. The minimum atomic E-state index is -4.56. The highest BCUT2D eigenvalue weighted by molar-refractivity contribution is 7.91. The van der Waals surface area contributed by atoms with Crippen LogP contribution in [0, 0.1) is 6.92 Å². The lowest BCUT2D eigenvalue weighted by atomic mass is 10.1. The van der Waals surface area contributed by atoms with Crippen LogP contribution < -0.4 is 0 Å². The molecule has 0 aromatic carbocycles. The van der Waals surface area contributed by atoms with Gasteiger partial charge in [-0.3, -0.25) is 4.79 Å². The lowest BCUT2D eigenvalue weighted by Gasteiger charge is -2.33. The Morgan fingerprint density at radius 1 is 1.21 bits per heavy atom. The number of hydrogen-bond acceptors (Lipinski definition) is 6. The van der Waals surface area contributed by atoms with E-state index in [1.54, 1.807) is 17.5 Å². The highest BCUT2D eigenvalue weighted by Crippen LogP contribution is 2.43. The molecule has 34 heavy (non-hydrogen) atoms. The molecule has 2 aliphatic rings. The SMILES string of the molecule is Cc1nn(CC(=O)N2CCN(S(=O)(=O)c3cccs3)CC2)c2nc(C3CC3)cc(C(F)(F)F)c12. The molecule has 4 heterocycles. The molecule has 3 aromatic heterocycles. The molecule has 1 saturated heterocycles. The van der Waals surface area contributed by atoms with E-state index in [1.165, 1.54) is 20.8 Å². The fourth-order valence-corrected chi connectivity index (χ4v) is 6.81. The average Bonchev–Trinajstić information content (AvgIpc) is 3.39. The molecule has 0 radical (unpaired) electrons. The zero-order valence-corrected chi connectivity index (χ0v) is 19.9. The molecule has 3 aromatic rings. The second-order valence-electron chi connectivity index (χ2n) is 8.53. The second-order valence-corrected chi connectivity index (χ2v) is 11.6. The lowest BCUT2D eigenvalue weighted by molar-refractivity contribution is -0.136. The zero-order valence-electron chi connectivity index (χ0n) is 18.2. The molecule has 1 aliphatic carbocycles. The molecule has 0 bridgehead atoms. The molecule has 1 saturated carbocycles. The number of carbonyl (C=O) groups excluding carboxylic acids is 1. The molecule has 182 valence electrons. The van der Waals surface area contributed by atoms with E-state index in [2.05, 4.69) is 10.1 Å². The fraction of sp³-hybridized carbons (Fsp3) is 0.476. The molecule has 13 heteroatoms. The number of aromatic nitrogens is 3. The summed E-state index contributed by atoms with van der Waals surface area (Å²) < 4.78 is 69.5. The van der Waals surface area contributed by atoms with Gasteiger partial charge in [-0.25, -0.2) is 18.1 Å². The van der Waals surface area contributed by atoms with E-state index in [1.807, 2.05) is 0 Å². The van der Waals surface area contributed by atoms with E-state index < -0.39 is 21.8 Å². The van der Waals surface area contributed by atoms with Gasteiger partial charge in [0.25, 0.3) is 10.0 Å². The summed E-state index contributed by atoms with van der Waals surface area (Å²) in [5.41, 5.74) is -0.179. The molecule has 0 spiro atoms. The first-order valence-corrected chi connectivity index (χ1v) is 13.1. The molecule has 0 unspecified atom stereocenters. The predicted molar refractivity (Wildman–Crippen MR) is 119 cm³/mol. The number of rotatable bonds is 5. The molecule has 1 aliphatic heterocycles. The average molecular weight is 514 g/mol. The number of thiophene rings is 1. The maximum atomic E-state index is 13.8. The highest BCUT2D eigenvalue weighted by Gasteiger charge is 2.38. The Morgan fingerprint density at radius 2 is 1.91 bits per heavy atom. The van der Waals surface area contributed by atoms with Crippen molar-refractivity contribution in [2.24, 2.45) is 0 Å². The monoisotopic (exact) mass is 513 g/mol. The van der Waals surface area contributed by atoms with Crippen LogP contribution in [0.1, 0.15) is 35.7 Å². The number of nitrogens with zero attached hydrogens (tertiary/aromatic N) is 5. The van der Waals surface area contributed by atoms with Gasteiger partial charge in [-0.2, -0.15) is 22.6 Å². The molecule has 2 fully saturated rings. The molecule has 0 atom stereocenters. The van der Waals surface area contributed by atoms with Crippen LogP contribution >= 0.6 is 11.3 Å². The van der Waals surface area contributed by atoms with Crippen LogP contribution in [0.3, 0.4) is 0 Å². The number of amides is 1. The first-order valence-electron chi connectivity index (χ1n) is 10.8. The Bertz CT molecular complexity index is 1340. The summed E-state index contributed by atoms with van der Waals surface area (Å²) in [5, 5.41) is 5.81. The van der Waals surface area contributed by atoms with Crippen molar-refractivity contribution in [3.63, 3.8) is 0 Å². The smallest absolute Gasteiger partial charge is 0.338 e. The largest absolute Gasteiger partial charge is 0.417 e. The van der Waals surface area contributed by atoms with Gasteiger partial charge >= 0.3 is 6.18 Å². The molecular formula is C21H22F3N5O3S2. The number of fused-ring (bicyclic) bond motifs is 1. The Labute approximate surface area is 198 Å². The van der Waals surface area contributed by atoms with E-state index >= 15 is 0 Å². The number of hydrogen-bond donors (Lipinski definition) is 0. The second kappa shape index (κ2) is 8.31. The summed E-state index contributed by atoms with van der Waals surface area (Å²) in [6.45, 7) is 1.89. The van der Waals surface area contributed by atoms with Crippen molar-refractivity contribution in [3.8, 4) is 0 Å². The summed E-state index contributed by atoms with van der Waals surface area (Å²) in [7, 11) is -3.60. The third kappa shape index (κ3) is 4.20. The Kier molecular flexibility index (Phi) is 5.68. The molecule has 1 amide bonds. The van der Waals surface area contributed by atoms with E-state index in [0.717, 1.165) is 30.2 Å². The van der Waals surface area contributed by atoms with Crippen LogP contribution in [0.25, 0.3) is 11.0 Å². The fourth-order valence-electron chi connectivity index (χ4n) is 4.24. The van der Waals surface area contributed by atoms with Crippen LogP contribution in [0.5, 0.6) is 0 Å². The van der Waals surface area contributed by atoms with Gasteiger partial charge in [0.1, 0.15) is 10.8 Å². The number of halogens is 3. The van der Waals surface area contributed by atoms with Crippen molar-refractivity contribution in [1.29, 1.82) is 0 Å². The number of sulfonamides is 1. The summed E-state index contributed by atoms with van der Waals surface area (Å²) >= 11 is 1.14. The van der Waals surface area contributed by atoms with Crippen LogP contribution in [-0.4, -0.2) is 64.5 Å². The number of piperazine rings is 1. The maximum absolute atomic E-state index is 13.8. The summed E-state index contributed by atoms with van der Waals surface area (Å²) in [6, 6.07) is 4.31. The van der Waals surface area contributed by atoms with Gasteiger partial charge in [-0.05, 0) is 37.3 Å². The zero-order chi connectivity index (χ0) is 24.3. The van der Waals surface area contributed by atoms with Crippen molar-refractivity contribution in [2.45, 2.75) is 42.6 Å². The van der Waals surface area contributed by atoms with Crippen molar-refractivity contribution < 1.29 is 26.4 Å². The molecular weight excluding hydrogens is 491 g/mol. The third-order valence-corrected chi connectivity index (χ3v) is 9.44. The van der Waals surface area contributed by atoms with Crippen LogP contribution in [0.4, 0.5) is 13.2 Å². The van der Waals surface area contributed by atoms with Gasteiger partial charge in [0, 0.05) is 37.8 Å². The highest BCUT2D eigenvalue weighted by atomic mass is 32.2. The minimum Gasteiger partial charge on any atom is -0.338 e. The van der Waals surface area contributed by atoms with Gasteiger partial charge in [0.2, 0.25) is 5.91 Å². The Hall–Kier alpha value is -2.51. The quantitative estimate of drug-likeness (QED) is 0.523. The van der Waals surface area contributed by atoms with Crippen molar-refractivity contribution in [3.05, 3.63) is 40.5 Å². The van der Waals surface area contributed by atoms with Crippen LogP contribution in [0.2, 0.25) is 0 Å². The molecule has 5 rings (SSSR count). The van der Waals surface area contributed by atoms with Gasteiger partial charge < -0.3 is 4.90 Å². The Morgan fingerprint density at radius 3 is 2.50 bits per heavy atom. The third-order valence-electron chi connectivity index (χ3n) is 6.16. The predicted octanol–water partition coefficient (Wildman–Crippen LogP) is 3.23.